The second-order valence-electron chi connectivity index (χ2n) is 1.33. The fraction of sp³-hybridized carbons (Fsp3) is 0. The average molecular weight is 86.2 g/mol. The maximum atomic E-state index is 5.27. The van der Waals surface area contributed by atoms with Crippen molar-refractivity contribution in [2.75, 3.05) is 0 Å². The van der Waals surface area contributed by atoms with Crippen molar-refractivity contribution in [3.8, 4) is 0 Å². The molecule has 0 unspecified atom stereocenters. The Kier molecular flexibility index (Phi) is 0.319. The second-order valence-corrected chi connectivity index (χ2v) is 4.00. The van der Waals surface area contributed by atoms with Crippen LogP contribution in [-0.4, -0.2) is 8.40 Å². The third-order valence-corrected chi connectivity index (χ3v) is 1.65. The number of nitrogens with two attached hydrogens (primary N) is 2. The van der Waals surface area contributed by atoms with Crippen molar-refractivity contribution in [1.29, 1.82) is 0 Å². The zero-order chi connectivity index (χ0) is 3.91. The molecule has 0 amide bonds. The molecule has 0 radical (unpaired) electrons. The lowest BCUT2D eigenvalue weighted by atomic mass is 11.3. The highest BCUT2D eigenvalue weighted by molar-refractivity contribution is 6.92. The molecule has 0 aromatic heterocycles. The molecule has 0 aliphatic carbocycles. The molecule has 1 rings (SSSR count). The van der Waals surface area contributed by atoms with Gasteiger partial charge in [0.05, 0.1) is 0 Å². The molecule has 0 spiro atoms. The smallest absolute Gasteiger partial charge is 0.246 e. The van der Waals surface area contributed by atoms with Gasteiger partial charge < -0.3 is 10.8 Å². The van der Waals surface area contributed by atoms with Crippen LogP contribution in [-0.2, 0) is 0 Å². The van der Waals surface area contributed by atoms with E-state index in [9.17, 15) is 0 Å². The Bertz CT molecular complexity index is 67.7. The lowest BCUT2D eigenvalue weighted by molar-refractivity contribution is 1.66. The van der Waals surface area contributed by atoms with E-state index in [2.05, 4.69) is 0 Å². The monoisotopic (exact) mass is 86.0 g/mol. The van der Waals surface area contributed by atoms with Crippen LogP contribution in [0.3, 0.4) is 0 Å². The van der Waals surface area contributed by atoms with Crippen LogP contribution in [0.25, 0.3) is 0 Å². The molecule has 3 heteroatoms. The van der Waals surface area contributed by atoms with E-state index in [-0.39, 0.29) is 0 Å². The summed E-state index contributed by atoms with van der Waals surface area (Å²) >= 11 is 0. The summed E-state index contributed by atoms with van der Waals surface area (Å²) < 4.78 is 0. The minimum atomic E-state index is -1.61. The lowest BCUT2D eigenvalue weighted by Crippen LogP contribution is -2.42. The van der Waals surface area contributed by atoms with Gasteiger partial charge in [0.2, 0.25) is 8.40 Å². The van der Waals surface area contributed by atoms with Gasteiger partial charge in [0.15, 0.2) is 0 Å². The average Bonchev–Trinajstić information content (AvgIpc) is 1.76. The molecule has 5 heavy (non-hydrogen) atoms. The van der Waals surface area contributed by atoms with E-state index >= 15 is 0 Å². The van der Waals surface area contributed by atoms with Crippen molar-refractivity contribution < 1.29 is 0 Å². The Morgan fingerprint density at radius 1 is 1.20 bits per heavy atom. The van der Waals surface area contributed by atoms with Gasteiger partial charge in [-0.15, -0.1) is 0 Å². The van der Waals surface area contributed by atoms with Crippen LogP contribution in [0.1, 0.15) is 0 Å². The standard InChI is InChI=1S/C2H6N2Si/c3-5(4)1-2-5/h1-2H,3-4H2. The van der Waals surface area contributed by atoms with Gasteiger partial charge in [-0.2, -0.15) is 0 Å². The SMILES string of the molecule is N[Si]1(N)C=C1. The van der Waals surface area contributed by atoms with Gasteiger partial charge in [-0.3, -0.25) is 0 Å². The first-order valence-electron chi connectivity index (χ1n) is 1.49. The molecular formula is C2H6N2Si. The molecule has 2 nitrogen and oxygen atoms in total. The maximum Gasteiger partial charge on any atom is 0.246 e. The zero-order valence-electron chi connectivity index (χ0n) is 2.81. The van der Waals surface area contributed by atoms with Crippen LogP contribution in [0.2, 0.25) is 0 Å². The molecular weight excluding hydrogens is 80.1 g/mol. The first kappa shape index (κ1) is 3.08. The van der Waals surface area contributed by atoms with Gasteiger partial charge in [-0.25, -0.2) is 0 Å². The summed E-state index contributed by atoms with van der Waals surface area (Å²) in [6.07, 6.45) is 0. The van der Waals surface area contributed by atoms with Crippen LogP contribution >= 0.6 is 0 Å². The molecule has 1 aliphatic rings. The fourth-order valence-electron chi connectivity index (χ4n) is 0.0962. The minimum Gasteiger partial charge on any atom is -0.333 e. The number of hydrogen-bond acceptors (Lipinski definition) is 2. The van der Waals surface area contributed by atoms with Gasteiger partial charge in [0.25, 0.3) is 0 Å². The fourth-order valence-corrected chi connectivity index (χ4v) is 0.866. The minimum absolute atomic E-state index is 1.61. The van der Waals surface area contributed by atoms with E-state index in [1.165, 1.54) is 0 Å². The molecule has 0 aromatic rings. The van der Waals surface area contributed by atoms with E-state index in [0.717, 1.165) is 0 Å². The van der Waals surface area contributed by atoms with E-state index in [1.807, 2.05) is 11.4 Å². The first-order valence-corrected chi connectivity index (χ1v) is 3.80. The summed E-state index contributed by atoms with van der Waals surface area (Å²) in [5.74, 6) is 0. The van der Waals surface area contributed by atoms with E-state index in [4.69, 9.17) is 10.8 Å². The molecule has 1 aliphatic heterocycles. The first-order chi connectivity index (χ1) is 2.21. The zero-order valence-corrected chi connectivity index (χ0v) is 3.81. The Labute approximate surface area is 31.6 Å². The summed E-state index contributed by atoms with van der Waals surface area (Å²) in [6.45, 7) is 0. The molecule has 0 saturated carbocycles. The highest BCUT2D eigenvalue weighted by atomic mass is 28.4. The molecule has 0 fully saturated rings. The van der Waals surface area contributed by atoms with Crippen molar-refractivity contribution in [3.05, 3.63) is 11.4 Å². The van der Waals surface area contributed by atoms with Crippen molar-refractivity contribution in [1.82, 2.24) is 0 Å². The van der Waals surface area contributed by atoms with Crippen molar-refractivity contribution in [2.24, 2.45) is 10.8 Å². The molecule has 0 saturated heterocycles. The Morgan fingerprint density at radius 2 is 1.40 bits per heavy atom. The molecule has 0 bridgehead atoms. The Balaban J connectivity index is 2.47. The summed E-state index contributed by atoms with van der Waals surface area (Å²) in [7, 11) is -1.61. The summed E-state index contributed by atoms with van der Waals surface area (Å²) in [5.41, 5.74) is 3.76. The number of rotatable bonds is 0. The summed E-state index contributed by atoms with van der Waals surface area (Å²) in [6, 6.07) is 0. The second kappa shape index (κ2) is 0.517. The third kappa shape index (κ3) is 0.574. The van der Waals surface area contributed by atoms with Crippen LogP contribution < -0.4 is 10.8 Å². The highest BCUT2D eigenvalue weighted by Gasteiger charge is 2.26. The summed E-state index contributed by atoms with van der Waals surface area (Å²) in [5, 5.41) is 10.5. The van der Waals surface area contributed by atoms with Gasteiger partial charge in [0, 0.05) is 0 Å². The molecule has 4 N–H and O–H groups in total. The number of hydrogen-bond donors (Lipinski definition) is 2. The largest absolute Gasteiger partial charge is 0.333 e. The lowest BCUT2D eigenvalue weighted by Gasteiger charge is -1.86. The normalized spacial score (nSPS) is 26.8. The van der Waals surface area contributed by atoms with Crippen LogP contribution in [0.5, 0.6) is 0 Å². The topological polar surface area (TPSA) is 52.0 Å². The third-order valence-electron chi connectivity index (χ3n) is 0.552. The predicted octanol–water partition coefficient (Wildman–Crippen LogP) is -1.01. The van der Waals surface area contributed by atoms with Crippen LogP contribution in [0, 0.1) is 0 Å². The van der Waals surface area contributed by atoms with Gasteiger partial charge in [0.1, 0.15) is 0 Å². The maximum absolute atomic E-state index is 5.27. The molecule has 1 heterocycles. The van der Waals surface area contributed by atoms with E-state index in [0.29, 0.717) is 0 Å². The van der Waals surface area contributed by atoms with Crippen LogP contribution in [0.4, 0.5) is 0 Å². The highest BCUT2D eigenvalue weighted by Crippen LogP contribution is 2.02. The predicted molar refractivity (Wildman–Crippen MR) is 23.3 cm³/mol. The van der Waals surface area contributed by atoms with Crippen molar-refractivity contribution in [2.45, 2.75) is 0 Å². The van der Waals surface area contributed by atoms with E-state index in [1.54, 1.807) is 0 Å². The quantitative estimate of drug-likeness (QED) is 0.371. The molecule has 28 valence electrons. The van der Waals surface area contributed by atoms with Crippen molar-refractivity contribution in [3.63, 3.8) is 0 Å². The van der Waals surface area contributed by atoms with Crippen molar-refractivity contribution >= 4 is 8.40 Å². The molecule has 0 atom stereocenters. The molecule has 0 aromatic carbocycles. The van der Waals surface area contributed by atoms with Gasteiger partial charge >= 0.3 is 0 Å². The summed E-state index contributed by atoms with van der Waals surface area (Å²) in [4.78, 5) is 0. The van der Waals surface area contributed by atoms with Crippen LogP contribution in [0.15, 0.2) is 11.4 Å². The Morgan fingerprint density at radius 3 is 1.40 bits per heavy atom. The van der Waals surface area contributed by atoms with Gasteiger partial charge in [-0.05, 0) is 0 Å². The van der Waals surface area contributed by atoms with Gasteiger partial charge in [-0.1, -0.05) is 11.4 Å². The van der Waals surface area contributed by atoms with E-state index < -0.39 is 8.40 Å². The Hall–Kier alpha value is -0.123.